The number of carbonyl (C=O) groups excluding carboxylic acids is 1. The van der Waals surface area contributed by atoms with Gasteiger partial charge in [0, 0.05) is 5.69 Å². The van der Waals surface area contributed by atoms with Gasteiger partial charge in [-0.15, -0.1) is 0 Å². The van der Waals surface area contributed by atoms with Crippen molar-refractivity contribution in [3.8, 4) is 11.8 Å². The predicted molar refractivity (Wildman–Crippen MR) is 133 cm³/mol. The van der Waals surface area contributed by atoms with Gasteiger partial charge in [0.1, 0.15) is 24.0 Å². The maximum Gasteiger partial charge on any atom is 0.335 e. The van der Waals surface area contributed by atoms with Crippen molar-refractivity contribution in [1.29, 1.82) is 5.26 Å². The first-order chi connectivity index (χ1) is 15.8. The van der Waals surface area contributed by atoms with Crippen LogP contribution in [0.25, 0.3) is 6.08 Å². The van der Waals surface area contributed by atoms with Gasteiger partial charge in [0.15, 0.2) is 0 Å². The Morgan fingerprint density at radius 3 is 2.33 bits per heavy atom. The highest BCUT2D eigenvalue weighted by Crippen LogP contribution is 2.36. The largest absolute Gasteiger partial charge is 0.487 e. The molecule has 0 bridgehead atoms. The van der Waals surface area contributed by atoms with E-state index in [0.29, 0.717) is 32.6 Å². The molecule has 33 heavy (non-hydrogen) atoms. The minimum atomic E-state index is -1.06. The number of carboxylic acid groups (broad SMARTS) is 1. The number of carbonyl (C=O) groups is 2. The molecule has 0 aliphatic heterocycles. The Morgan fingerprint density at radius 1 is 1.09 bits per heavy atom. The van der Waals surface area contributed by atoms with Gasteiger partial charge in [-0.05, 0) is 92.4 Å². The van der Waals surface area contributed by atoms with Gasteiger partial charge in [-0.2, -0.15) is 5.26 Å². The fourth-order valence-corrected chi connectivity index (χ4v) is 4.42. The van der Waals surface area contributed by atoms with Crippen molar-refractivity contribution in [2.45, 2.75) is 13.5 Å². The zero-order chi connectivity index (χ0) is 24.0. The molecule has 0 atom stereocenters. The standard InChI is InChI=1S/C25H18Br2N2O4/c1-15-3-2-4-16(9-15)14-33-23-21(26)11-17(12-22(23)27)10-19(13-28)24(30)29-20-7-5-18(6-8-20)25(31)32/h2-12H,14H2,1H3,(H,29,30)(H,31,32)/b19-10+. The molecule has 0 saturated carbocycles. The fraction of sp³-hybridized carbons (Fsp3) is 0.0800. The number of aromatic carboxylic acids is 1. The number of ether oxygens (including phenoxy) is 1. The molecular weight excluding hydrogens is 552 g/mol. The van der Waals surface area contributed by atoms with E-state index in [-0.39, 0.29) is 11.1 Å². The number of halogens is 2. The second kappa shape index (κ2) is 10.9. The molecule has 166 valence electrons. The number of anilines is 1. The molecule has 3 rings (SSSR count). The Hall–Kier alpha value is -3.41. The Balaban J connectivity index is 1.75. The van der Waals surface area contributed by atoms with E-state index in [0.717, 1.165) is 11.1 Å². The number of amides is 1. The summed E-state index contributed by atoms with van der Waals surface area (Å²) in [6.45, 7) is 2.41. The number of aryl methyl sites for hydroxylation is 1. The second-order valence-corrected chi connectivity index (χ2v) is 8.81. The van der Waals surface area contributed by atoms with Crippen molar-refractivity contribution >= 4 is 55.5 Å². The van der Waals surface area contributed by atoms with Gasteiger partial charge in [-0.1, -0.05) is 29.8 Å². The molecule has 0 aliphatic rings. The van der Waals surface area contributed by atoms with E-state index in [4.69, 9.17) is 9.84 Å². The Labute approximate surface area is 207 Å². The topological polar surface area (TPSA) is 99.4 Å². The van der Waals surface area contributed by atoms with Crippen LogP contribution in [0, 0.1) is 18.3 Å². The van der Waals surface area contributed by atoms with Gasteiger partial charge in [-0.25, -0.2) is 4.79 Å². The molecule has 6 nitrogen and oxygen atoms in total. The van der Waals surface area contributed by atoms with Crippen molar-refractivity contribution in [3.63, 3.8) is 0 Å². The Bertz CT molecular complexity index is 1260. The van der Waals surface area contributed by atoms with Gasteiger partial charge >= 0.3 is 5.97 Å². The highest BCUT2D eigenvalue weighted by atomic mass is 79.9. The fourth-order valence-electron chi connectivity index (χ4n) is 2.97. The lowest BCUT2D eigenvalue weighted by molar-refractivity contribution is -0.112. The van der Waals surface area contributed by atoms with E-state index in [2.05, 4.69) is 37.2 Å². The van der Waals surface area contributed by atoms with E-state index in [1.54, 1.807) is 12.1 Å². The molecule has 0 radical (unpaired) electrons. The summed E-state index contributed by atoms with van der Waals surface area (Å²) in [5.41, 5.74) is 3.18. The summed E-state index contributed by atoms with van der Waals surface area (Å²) in [5.74, 6) is -1.06. The van der Waals surface area contributed by atoms with Gasteiger partial charge in [0.05, 0.1) is 14.5 Å². The SMILES string of the molecule is Cc1cccc(COc2c(Br)cc(/C=C(\C#N)C(=O)Nc3ccc(C(=O)O)cc3)cc2Br)c1. The molecule has 3 aromatic rings. The molecular formula is C25H18Br2N2O4. The van der Waals surface area contributed by atoms with Crippen LogP contribution >= 0.6 is 31.9 Å². The maximum absolute atomic E-state index is 12.5. The molecule has 8 heteroatoms. The maximum atomic E-state index is 12.5. The van der Waals surface area contributed by atoms with Crippen LogP contribution in [0.15, 0.2) is 75.2 Å². The number of nitriles is 1. The van der Waals surface area contributed by atoms with Crippen LogP contribution in [0.3, 0.4) is 0 Å². The molecule has 2 N–H and O–H groups in total. The molecule has 0 heterocycles. The lowest BCUT2D eigenvalue weighted by Gasteiger charge is -2.12. The average molecular weight is 570 g/mol. The van der Waals surface area contributed by atoms with Crippen molar-refractivity contribution in [3.05, 3.63) is 97.4 Å². The first-order valence-corrected chi connectivity index (χ1v) is 11.3. The number of benzene rings is 3. The number of nitrogens with zero attached hydrogens (tertiary/aromatic N) is 1. The molecule has 0 saturated heterocycles. The number of hydrogen-bond acceptors (Lipinski definition) is 4. The van der Waals surface area contributed by atoms with E-state index in [1.165, 1.54) is 30.3 Å². The third-order valence-electron chi connectivity index (χ3n) is 4.55. The molecule has 0 spiro atoms. The molecule has 0 aromatic heterocycles. The van der Waals surface area contributed by atoms with Crippen molar-refractivity contribution in [1.82, 2.24) is 0 Å². The molecule has 0 aliphatic carbocycles. The van der Waals surface area contributed by atoms with E-state index in [9.17, 15) is 14.9 Å². The number of carboxylic acids is 1. The summed E-state index contributed by atoms with van der Waals surface area (Å²) >= 11 is 6.98. The summed E-state index contributed by atoms with van der Waals surface area (Å²) < 4.78 is 7.28. The quantitative estimate of drug-likeness (QED) is 0.255. The normalized spacial score (nSPS) is 10.9. The van der Waals surface area contributed by atoms with Gasteiger partial charge in [0.25, 0.3) is 5.91 Å². The summed E-state index contributed by atoms with van der Waals surface area (Å²) in [5, 5.41) is 21.0. The third kappa shape index (κ3) is 6.54. The smallest absolute Gasteiger partial charge is 0.335 e. The van der Waals surface area contributed by atoms with Crippen molar-refractivity contribution in [2.75, 3.05) is 5.32 Å². The van der Waals surface area contributed by atoms with Crippen LogP contribution < -0.4 is 10.1 Å². The average Bonchev–Trinajstić information content (AvgIpc) is 2.77. The summed E-state index contributed by atoms with van der Waals surface area (Å²) in [6, 6.07) is 19.1. The van der Waals surface area contributed by atoms with E-state index < -0.39 is 11.9 Å². The molecule has 0 fully saturated rings. The predicted octanol–water partition coefficient (Wildman–Crippen LogP) is 6.34. The summed E-state index contributed by atoms with van der Waals surface area (Å²) in [7, 11) is 0. The number of hydrogen-bond donors (Lipinski definition) is 2. The van der Waals surface area contributed by atoms with Gasteiger partial charge in [-0.3, -0.25) is 4.79 Å². The molecule has 1 amide bonds. The lowest BCUT2D eigenvalue weighted by Crippen LogP contribution is -2.13. The first-order valence-electron chi connectivity index (χ1n) is 9.70. The van der Waals surface area contributed by atoms with E-state index in [1.807, 2.05) is 37.3 Å². The highest BCUT2D eigenvalue weighted by Gasteiger charge is 2.13. The van der Waals surface area contributed by atoms with Gasteiger partial charge in [0.2, 0.25) is 0 Å². The summed E-state index contributed by atoms with van der Waals surface area (Å²) in [4.78, 5) is 23.5. The van der Waals surface area contributed by atoms with Gasteiger partial charge < -0.3 is 15.2 Å². The van der Waals surface area contributed by atoms with Crippen LogP contribution in [0.5, 0.6) is 5.75 Å². The van der Waals surface area contributed by atoms with Crippen LogP contribution in [0.4, 0.5) is 5.69 Å². The number of rotatable bonds is 7. The lowest BCUT2D eigenvalue weighted by atomic mass is 10.1. The van der Waals surface area contributed by atoms with E-state index >= 15 is 0 Å². The minimum Gasteiger partial charge on any atom is -0.487 e. The van der Waals surface area contributed by atoms with Crippen LogP contribution in [0.1, 0.15) is 27.0 Å². The second-order valence-electron chi connectivity index (χ2n) is 7.10. The molecule has 3 aromatic carbocycles. The minimum absolute atomic E-state index is 0.100. The zero-order valence-electron chi connectivity index (χ0n) is 17.4. The van der Waals surface area contributed by atoms with Crippen molar-refractivity contribution < 1.29 is 19.4 Å². The van der Waals surface area contributed by atoms with Crippen LogP contribution in [-0.4, -0.2) is 17.0 Å². The highest BCUT2D eigenvalue weighted by molar-refractivity contribution is 9.11. The van der Waals surface area contributed by atoms with Crippen LogP contribution in [-0.2, 0) is 11.4 Å². The summed E-state index contributed by atoms with van der Waals surface area (Å²) in [6.07, 6.45) is 1.46. The number of nitrogens with one attached hydrogen (secondary N) is 1. The Morgan fingerprint density at radius 2 is 1.76 bits per heavy atom. The Kier molecular flexibility index (Phi) is 8.04. The zero-order valence-corrected chi connectivity index (χ0v) is 20.6. The van der Waals surface area contributed by atoms with Crippen molar-refractivity contribution in [2.24, 2.45) is 0 Å². The third-order valence-corrected chi connectivity index (χ3v) is 5.73. The van der Waals surface area contributed by atoms with Crippen LogP contribution in [0.2, 0.25) is 0 Å². The molecule has 0 unspecified atom stereocenters. The monoisotopic (exact) mass is 568 g/mol. The first kappa shape index (κ1) is 24.2.